The van der Waals surface area contributed by atoms with Gasteiger partial charge < -0.3 is 9.52 Å². The summed E-state index contributed by atoms with van der Waals surface area (Å²) in [6, 6.07) is 14.0. The summed E-state index contributed by atoms with van der Waals surface area (Å²) in [4.78, 5) is 10.9. The molecule has 3 heteroatoms. The molecule has 0 saturated carbocycles. The fourth-order valence-electron chi connectivity index (χ4n) is 2.53. The third-order valence-electron chi connectivity index (χ3n) is 3.46. The van der Waals surface area contributed by atoms with Crippen LogP contribution in [0.25, 0.3) is 21.9 Å². The van der Waals surface area contributed by atoms with Crippen LogP contribution in [0.2, 0.25) is 0 Å². The highest BCUT2D eigenvalue weighted by atomic mass is 16.4. The normalized spacial score (nSPS) is 10.8. The molecule has 20 heavy (non-hydrogen) atoms. The Kier molecular flexibility index (Phi) is 3.25. The van der Waals surface area contributed by atoms with Crippen LogP contribution in [-0.2, 0) is 11.2 Å². The van der Waals surface area contributed by atoms with E-state index in [9.17, 15) is 4.79 Å². The van der Waals surface area contributed by atoms with Gasteiger partial charge in [-0.05, 0) is 34.4 Å². The molecule has 0 aliphatic heterocycles. The average molecular weight is 266 g/mol. The molecule has 3 aromatic rings. The topological polar surface area (TPSA) is 50.4 Å². The van der Waals surface area contributed by atoms with Gasteiger partial charge in [0, 0.05) is 12.0 Å². The molecule has 0 aliphatic rings. The van der Waals surface area contributed by atoms with E-state index in [4.69, 9.17) is 9.52 Å². The summed E-state index contributed by atoms with van der Waals surface area (Å²) in [6.07, 6.45) is 3.95. The maximum absolute atomic E-state index is 10.9. The standard InChI is InChI=1S/C17H14O3/c18-17(19)8-7-16-14-4-2-1-3-12(14)5-6-15(16)13-9-10-20-11-13/h1-6,9-11H,7-8H2,(H,18,19). The molecule has 3 nitrogen and oxygen atoms in total. The summed E-state index contributed by atoms with van der Waals surface area (Å²) in [6.45, 7) is 0. The van der Waals surface area contributed by atoms with Crippen LogP contribution in [0.3, 0.4) is 0 Å². The van der Waals surface area contributed by atoms with E-state index in [0.29, 0.717) is 6.42 Å². The highest BCUT2D eigenvalue weighted by molar-refractivity contribution is 5.92. The van der Waals surface area contributed by atoms with Crippen LogP contribution in [0.15, 0.2) is 59.4 Å². The molecule has 0 atom stereocenters. The highest BCUT2D eigenvalue weighted by Crippen LogP contribution is 2.31. The largest absolute Gasteiger partial charge is 0.481 e. The third kappa shape index (κ3) is 2.30. The minimum atomic E-state index is -0.781. The Morgan fingerprint density at radius 1 is 1.10 bits per heavy atom. The number of furan rings is 1. The van der Waals surface area contributed by atoms with Gasteiger partial charge in [-0.1, -0.05) is 36.4 Å². The van der Waals surface area contributed by atoms with E-state index in [-0.39, 0.29) is 6.42 Å². The van der Waals surface area contributed by atoms with Gasteiger partial charge in [-0.3, -0.25) is 4.79 Å². The minimum absolute atomic E-state index is 0.124. The lowest BCUT2D eigenvalue weighted by molar-refractivity contribution is -0.136. The molecule has 1 N–H and O–H groups in total. The van der Waals surface area contributed by atoms with Crippen LogP contribution < -0.4 is 0 Å². The van der Waals surface area contributed by atoms with Gasteiger partial charge in [0.2, 0.25) is 0 Å². The van der Waals surface area contributed by atoms with Crippen molar-refractivity contribution in [3.8, 4) is 11.1 Å². The fourth-order valence-corrected chi connectivity index (χ4v) is 2.53. The fraction of sp³-hybridized carbons (Fsp3) is 0.118. The monoisotopic (exact) mass is 266 g/mol. The molecule has 2 aromatic carbocycles. The lowest BCUT2D eigenvalue weighted by atomic mass is 9.92. The minimum Gasteiger partial charge on any atom is -0.481 e. The predicted octanol–water partition coefficient (Wildman–Crippen LogP) is 4.12. The second kappa shape index (κ2) is 5.21. The van der Waals surface area contributed by atoms with Crippen molar-refractivity contribution >= 4 is 16.7 Å². The summed E-state index contributed by atoms with van der Waals surface area (Å²) in [5.41, 5.74) is 3.08. The second-order valence-corrected chi connectivity index (χ2v) is 4.72. The number of carboxylic acid groups (broad SMARTS) is 1. The summed E-state index contributed by atoms with van der Waals surface area (Å²) >= 11 is 0. The van der Waals surface area contributed by atoms with Gasteiger partial charge in [-0.2, -0.15) is 0 Å². The van der Waals surface area contributed by atoms with Gasteiger partial charge in [0.15, 0.2) is 0 Å². The molecular weight excluding hydrogens is 252 g/mol. The first-order chi connectivity index (χ1) is 9.75. The van der Waals surface area contributed by atoms with Crippen molar-refractivity contribution in [2.24, 2.45) is 0 Å². The number of carbonyl (C=O) groups is 1. The average Bonchev–Trinajstić information content (AvgIpc) is 2.98. The Balaban J connectivity index is 2.18. The number of fused-ring (bicyclic) bond motifs is 1. The SMILES string of the molecule is O=C(O)CCc1c(-c2ccoc2)ccc2ccccc12. The van der Waals surface area contributed by atoms with E-state index >= 15 is 0 Å². The lowest BCUT2D eigenvalue weighted by Crippen LogP contribution is -1.99. The van der Waals surface area contributed by atoms with Crippen LogP contribution in [0, 0.1) is 0 Å². The number of hydrogen-bond donors (Lipinski definition) is 1. The molecule has 0 unspecified atom stereocenters. The Morgan fingerprint density at radius 2 is 1.95 bits per heavy atom. The second-order valence-electron chi connectivity index (χ2n) is 4.72. The van der Waals surface area contributed by atoms with E-state index in [2.05, 4.69) is 6.07 Å². The maximum atomic E-state index is 10.9. The van der Waals surface area contributed by atoms with Crippen LogP contribution in [-0.4, -0.2) is 11.1 Å². The molecule has 100 valence electrons. The van der Waals surface area contributed by atoms with Crippen molar-refractivity contribution in [3.05, 3.63) is 60.6 Å². The zero-order valence-corrected chi connectivity index (χ0v) is 10.9. The Labute approximate surface area is 116 Å². The summed E-state index contributed by atoms with van der Waals surface area (Å²) in [7, 11) is 0. The lowest BCUT2D eigenvalue weighted by Gasteiger charge is -2.11. The summed E-state index contributed by atoms with van der Waals surface area (Å²) in [5, 5.41) is 11.2. The third-order valence-corrected chi connectivity index (χ3v) is 3.46. The number of aryl methyl sites for hydroxylation is 1. The van der Waals surface area contributed by atoms with Crippen LogP contribution in [0.1, 0.15) is 12.0 Å². The van der Waals surface area contributed by atoms with Gasteiger partial charge in [-0.25, -0.2) is 0 Å². The van der Waals surface area contributed by atoms with Crippen molar-refractivity contribution in [2.45, 2.75) is 12.8 Å². The van der Waals surface area contributed by atoms with Crippen molar-refractivity contribution in [2.75, 3.05) is 0 Å². The first kappa shape index (κ1) is 12.5. The predicted molar refractivity (Wildman–Crippen MR) is 77.6 cm³/mol. The van der Waals surface area contributed by atoms with Crippen LogP contribution >= 0.6 is 0 Å². The van der Waals surface area contributed by atoms with Crippen molar-refractivity contribution in [3.63, 3.8) is 0 Å². The van der Waals surface area contributed by atoms with Gasteiger partial charge in [-0.15, -0.1) is 0 Å². The van der Waals surface area contributed by atoms with Crippen LogP contribution in [0.4, 0.5) is 0 Å². The number of rotatable bonds is 4. The van der Waals surface area contributed by atoms with Crippen molar-refractivity contribution in [1.29, 1.82) is 0 Å². The summed E-state index contributed by atoms with van der Waals surface area (Å²) < 4.78 is 5.15. The number of carboxylic acids is 1. The maximum Gasteiger partial charge on any atom is 0.303 e. The van der Waals surface area contributed by atoms with Gasteiger partial charge in [0.05, 0.1) is 12.5 Å². The van der Waals surface area contributed by atoms with E-state index in [1.165, 1.54) is 0 Å². The molecular formula is C17H14O3. The molecule has 0 radical (unpaired) electrons. The van der Waals surface area contributed by atoms with E-state index < -0.39 is 5.97 Å². The first-order valence-corrected chi connectivity index (χ1v) is 6.50. The van der Waals surface area contributed by atoms with Crippen molar-refractivity contribution in [1.82, 2.24) is 0 Å². The first-order valence-electron chi connectivity index (χ1n) is 6.50. The molecule has 0 bridgehead atoms. The quantitative estimate of drug-likeness (QED) is 0.772. The highest BCUT2D eigenvalue weighted by Gasteiger charge is 2.11. The van der Waals surface area contributed by atoms with Gasteiger partial charge >= 0.3 is 5.97 Å². The number of hydrogen-bond acceptors (Lipinski definition) is 2. The Hall–Kier alpha value is -2.55. The van der Waals surface area contributed by atoms with Crippen LogP contribution in [0.5, 0.6) is 0 Å². The molecule has 3 rings (SSSR count). The van der Waals surface area contributed by atoms with Crippen molar-refractivity contribution < 1.29 is 14.3 Å². The smallest absolute Gasteiger partial charge is 0.303 e. The van der Waals surface area contributed by atoms with Gasteiger partial charge in [0.1, 0.15) is 0 Å². The van der Waals surface area contributed by atoms with E-state index in [1.54, 1.807) is 12.5 Å². The van der Waals surface area contributed by atoms with Gasteiger partial charge in [0.25, 0.3) is 0 Å². The number of aliphatic carboxylic acids is 1. The molecule has 0 saturated heterocycles. The van der Waals surface area contributed by atoms with E-state index in [0.717, 1.165) is 27.5 Å². The van der Waals surface area contributed by atoms with E-state index in [1.807, 2.05) is 36.4 Å². The molecule has 0 fully saturated rings. The summed E-state index contributed by atoms with van der Waals surface area (Å²) in [5.74, 6) is -0.781. The molecule has 0 aliphatic carbocycles. The molecule has 1 heterocycles. The Morgan fingerprint density at radius 3 is 2.70 bits per heavy atom. The molecule has 0 amide bonds. The molecule has 1 aromatic heterocycles. The number of benzene rings is 2. The molecule has 0 spiro atoms. The zero-order valence-electron chi connectivity index (χ0n) is 10.9. The zero-order chi connectivity index (χ0) is 13.9. The Bertz CT molecular complexity index is 742.